The summed E-state index contributed by atoms with van der Waals surface area (Å²) in [5.41, 5.74) is -1.19. The van der Waals surface area contributed by atoms with Crippen LogP contribution in [-0.4, -0.2) is 29.2 Å². The van der Waals surface area contributed by atoms with E-state index in [-0.39, 0.29) is 5.41 Å². The summed E-state index contributed by atoms with van der Waals surface area (Å²) < 4.78 is 0. The first-order chi connectivity index (χ1) is 7.67. The molecule has 0 saturated heterocycles. The van der Waals surface area contributed by atoms with E-state index >= 15 is 0 Å². The van der Waals surface area contributed by atoms with Gasteiger partial charge in [0.25, 0.3) is 0 Å². The summed E-state index contributed by atoms with van der Waals surface area (Å²) in [6.45, 7) is 10.00. The number of aliphatic carboxylic acids is 1. The van der Waals surface area contributed by atoms with E-state index in [0.29, 0.717) is 19.4 Å². The van der Waals surface area contributed by atoms with Gasteiger partial charge in [0.1, 0.15) is 5.54 Å². The van der Waals surface area contributed by atoms with Crippen molar-refractivity contribution in [1.82, 2.24) is 10.6 Å². The molecule has 100 valence electrons. The molecule has 0 unspecified atom stereocenters. The van der Waals surface area contributed by atoms with E-state index < -0.39 is 17.5 Å². The molecule has 17 heavy (non-hydrogen) atoms. The zero-order valence-electron chi connectivity index (χ0n) is 11.4. The molecular weight excluding hydrogens is 220 g/mol. The van der Waals surface area contributed by atoms with E-state index in [9.17, 15) is 9.59 Å². The monoisotopic (exact) mass is 244 g/mol. The van der Waals surface area contributed by atoms with Crippen LogP contribution < -0.4 is 10.6 Å². The highest BCUT2D eigenvalue weighted by molar-refractivity contribution is 5.86. The highest BCUT2D eigenvalue weighted by Gasteiger charge is 2.36. The fourth-order valence-electron chi connectivity index (χ4n) is 1.39. The van der Waals surface area contributed by atoms with Gasteiger partial charge in [0.15, 0.2) is 0 Å². The molecule has 0 aromatic carbocycles. The van der Waals surface area contributed by atoms with E-state index in [1.54, 1.807) is 13.8 Å². The van der Waals surface area contributed by atoms with Crippen molar-refractivity contribution in [3.8, 4) is 0 Å². The molecule has 0 aromatic heterocycles. The molecule has 0 aromatic rings. The minimum absolute atomic E-state index is 0.0261. The number of rotatable bonds is 5. The van der Waals surface area contributed by atoms with Gasteiger partial charge in [0.05, 0.1) is 0 Å². The molecule has 0 aliphatic rings. The summed E-state index contributed by atoms with van der Waals surface area (Å²) in [6, 6.07) is -0.425. The number of amides is 2. The average molecular weight is 244 g/mol. The van der Waals surface area contributed by atoms with Crippen LogP contribution in [0.15, 0.2) is 0 Å². The van der Waals surface area contributed by atoms with Crippen molar-refractivity contribution in [2.45, 2.75) is 53.0 Å². The topological polar surface area (TPSA) is 78.4 Å². The lowest BCUT2D eigenvalue weighted by Gasteiger charge is -2.29. The average Bonchev–Trinajstić information content (AvgIpc) is 2.22. The highest BCUT2D eigenvalue weighted by Crippen LogP contribution is 2.15. The highest BCUT2D eigenvalue weighted by atomic mass is 16.4. The largest absolute Gasteiger partial charge is 0.480 e. The van der Waals surface area contributed by atoms with E-state index in [1.165, 1.54) is 0 Å². The molecule has 0 aliphatic carbocycles. The molecule has 0 radical (unpaired) electrons. The Kier molecular flexibility index (Phi) is 5.45. The SMILES string of the molecule is CCC(CC)(NC(=O)NCC(C)(C)C)C(=O)O. The van der Waals surface area contributed by atoms with Gasteiger partial charge in [0, 0.05) is 6.54 Å². The summed E-state index contributed by atoms with van der Waals surface area (Å²) in [6.07, 6.45) is 0.726. The Labute approximate surface area is 103 Å². The van der Waals surface area contributed by atoms with Crippen LogP contribution in [0.1, 0.15) is 47.5 Å². The molecule has 0 rings (SSSR count). The number of urea groups is 1. The fraction of sp³-hybridized carbons (Fsp3) is 0.833. The zero-order chi connectivity index (χ0) is 13.7. The maximum atomic E-state index is 11.6. The summed E-state index contributed by atoms with van der Waals surface area (Å²) in [7, 11) is 0. The van der Waals surface area contributed by atoms with Gasteiger partial charge in [-0.25, -0.2) is 9.59 Å². The fourth-order valence-corrected chi connectivity index (χ4v) is 1.39. The van der Waals surface area contributed by atoms with Gasteiger partial charge >= 0.3 is 12.0 Å². The molecule has 0 fully saturated rings. The Morgan fingerprint density at radius 3 is 1.88 bits per heavy atom. The molecule has 0 atom stereocenters. The Hall–Kier alpha value is -1.26. The lowest BCUT2D eigenvalue weighted by Crippen LogP contribution is -2.57. The predicted octanol–water partition coefficient (Wildman–Crippen LogP) is 1.98. The van der Waals surface area contributed by atoms with E-state index in [0.717, 1.165) is 0 Å². The van der Waals surface area contributed by atoms with Gasteiger partial charge in [0.2, 0.25) is 0 Å². The summed E-state index contributed by atoms with van der Waals surface area (Å²) in [4.78, 5) is 22.8. The maximum absolute atomic E-state index is 11.6. The molecule has 0 bridgehead atoms. The van der Waals surface area contributed by atoms with Crippen molar-refractivity contribution < 1.29 is 14.7 Å². The van der Waals surface area contributed by atoms with Crippen LogP contribution in [0.25, 0.3) is 0 Å². The third kappa shape index (κ3) is 5.06. The minimum Gasteiger partial charge on any atom is -0.480 e. The first-order valence-electron chi connectivity index (χ1n) is 5.96. The van der Waals surface area contributed by atoms with Crippen LogP contribution in [0.3, 0.4) is 0 Å². The summed E-state index contributed by atoms with van der Waals surface area (Å²) in [5.74, 6) is -0.992. The van der Waals surface area contributed by atoms with Gasteiger partial charge in [-0.3, -0.25) is 0 Å². The van der Waals surface area contributed by atoms with E-state index in [1.807, 2.05) is 20.8 Å². The van der Waals surface area contributed by atoms with Gasteiger partial charge in [-0.15, -0.1) is 0 Å². The van der Waals surface area contributed by atoms with Crippen LogP contribution in [-0.2, 0) is 4.79 Å². The van der Waals surface area contributed by atoms with Crippen LogP contribution in [0.5, 0.6) is 0 Å². The van der Waals surface area contributed by atoms with Crippen LogP contribution >= 0.6 is 0 Å². The first-order valence-corrected chi connectivity index (χ1v) is 5.96. The first kappa shape index (κ1) is 15.7. The minimum atomic E-state index is -1.16. The standard InChI is InChI=1S/C12H24N2O3/c1-6-12(7-2,9(15)16)14-10(17)13-8-11(3,4)5/h6-8H2,1-5H3,(H,15,16)(H2,13,14,17). The van der Waals surface area contributed by atoms with Gasteiger partial charge in [-0.05, 0) is 18.3 Å². The second-order valence-electron chi connectivity index (χ2n) is 5.46. The van der Waals surface area contributed by atoms with Gasteiger partial charge in [-0.1, -0.05) is 34.6 Å². The number of carbonyl (C=O) groups is 2. The van der Waals surface area contributed by atoms with Crippen LogP contribution in [0.2, 0.25) is 0 Å². The molecule has 5 heteroatoms. The van der Waals surface area contributed by atoms with Crippen LogP contribution in [0.4, 0.5) is 4.79 Å². The number of carboxylic acids is 1. The van der Waals surface area contributed by atoms with Gasteiger partial charge < -0.3 is 15.7 Å². The smallest absolute Gasteiger partial charge is 0.329 e. The van der Waals surface area contributed by atoms with Crippen molar-refractivity contribution in [3.63, 3.8) is 0 Å². The molecule has 0 spiro atoms. The Bertz CT molecular complexity index is 278. The molecule has 5 nitrogen and oxygen atoms in total. The summed E-state index contributed by atoms with van der Waals surface area (Å²) in [5, 5.41) is 14.4. The zero-order valence-corrected chi connectivity index (χ0v) is 11.4. The van der Waals surface area contributed by atoms with Crippen molar-refractivity contribution in [2.75, 3.05) is 6.54 Å². The Morgan fingerprint density at radius 2 is 1.59 bits per heavy atom. The second kappa shape index (κ2) is 5.89. The van der Waals surface area contributed by atoms with Crippen molar-refractivity contribution >= 4 is 12.0 Å². The molecular formula is C12H24N2O3. The third-order valence-corrected chi connectivity index (χ3v) is 2.75. The van der Waals surface area contributed by atoms with Crippen molar-refractivity contribution in [1.29, 1.82) is 0 Å². The molecule has 0 heterocycles. The third-order valence-electron chi connectivity index (χ3n) is 2.75. The second-order valence-corrected chi connectivity index (χ2v) is 5.46. The summed E-state index contributed by atoms with van der Waals surface area (Å²) >= 11 is 0. The quantitative estimate of drug-likeness (QED) is 0.692. The van der Waals surface area contributed by atoms with Crippen LogP contribution in [0, 0.1) is 5.41 Å². The number of nitrogens with one attached hydrogen (secondary N) is 2. The molecule has 3 N–H and O–H groups in total. The number of hydrogen-bond acceptors (Lipinski definition) is 2. The lowest BCUT2D eigenvalue weighted by atomic mass is 9.93. The lowest BCUT2D eigenvalue weighted by molar-refractivity contribution is -0.144. The Balaban J connectivity index is 4.48. The van der Waals surface area contributed by atoms with Crippen molar-refractivity contribution in [3.05, 3.63) is 0 Å². The molecule has 0 saturated carbocycles. The normalized spacial score (nSPS) is 12.1. The number of hydrogen-bond donors (Lipinski definition) is 3. The van der Waals surface area contributed by atoms with Gasteiger partial charge in [-0.2, -0.15) is 0 Å². The van der Waals surface area contributed by atoms with E-state index in [2.05, 4.69) is 10.6 Å². The maximum Gasteiger partial charge on any atom is 0.329 e. The predicted molar refractivity (Wildman–Crippen MR) is 66.9 cm³/mol. The van der Waals surface area contributed by atoms with E-state index in [4.69, 9.17) is 5.11 Å². The molecule has 2 amide bonds. The number of carbonyl (C=O) groups excluding carboxylic acids is 1. The Morgan fingerprint density at radius 1 is 1.12 bits per heavy atom. The van der Waals surface area contributed by atoms with Crippen molar-refractivity contribution in [2.24, 2.45) is 5.41 Å². The number of carboxylic acid groups (broad SMARTS) is 1. The molecule has 0 aliphatic heterocycles.